The van der Waals surface area contributed by atoms with Gasteiger partial charge in [-0.2, -0.15) is 5.10 Å². The van der Waals surface area contributed by atoms with Crippen molar-refractivity contribution in [2.45, 2.75) is 53.0 Å². The SMILES string of the molecule is Cc1nn(-c2ccccc2)c(C)c1C(=O)C(=O)NCc1ccc(CN2CC(C)OC(C)C2)cc1. The van der Waals surface area contributed by atoms with Gasteiger partial charge in [0, 0.05) is 26.2 Å². The van der Waals surface area contributed by atoms with Gasteiger partial charge in [-0.3, -0.25) is 14.5 Å². The van der Waals surface area contributed by atoms with Crippen molar-refractivity contribution in [2.75, 3.05) is 13.1 Å². The molecule has 7 nitrogen and oxygen atoms in total. The number of amides is 1. The fourth-order valence-electron chi connectivity index (χ4n) is 4.60. The number of carbonyl (C=O) groups excluding carboxylic acids is 2. The number of benzene rings is 2. The van der Waals surface area contributed by atoms with E-state index in [4.69, 9.17) is 4.74 Å². The Morgan fingerprint density at radius 2 is 1.59 bits per heavy atom. The molecule has 178 valence electrons. The molecule has 1 N–H and O–H groups in total. The molecule has 2 unspecified atom stereocenters. The number of hydrogen-bond acceptors (Lipinski definition) is 5. The van der Waals surface area contributed by atoms with Crippen molar-refractivity contribution >= 4 is 11.7 Å². The van der Waals surface area contributed by atoms with Crippen LogP contribution in [-0.2, 0) is 22.6 Å². The summed E-state index contributed by atoms with van der Waals surface area (Å²) in [6.07, 6.45) is 0.477. The molecule has 0 radical (unpaired) electrons. The predicted molar refractivity (Wildman–Crippen MR) is 131 cm³/mol. The Labute approximate surface area is 200 Å². The highest BCUT2D eigenvalue weighted by molar-refractivity contribution is 6.43. The third-order valence-electron chi connectivity index (χ3n) is 6.10. The lowest BCUT2D eigenvalue weighted by atomic mass is 10.1. The second-order valence-corrected chi connectivity index (χ2v) is 9.07. The van der Waals surface area contributed by atoms with Crippen molar-refractivity contribution in [2.24, 2.45) is 0 Å². The molecule has 1 saturated heterocycles. The summed E-state index contributed by atoms with van der Waals surface area (Å²) < 4.78 is 7.50. The molecule has 0 spiro atoms. The number of morpholine rings is 1. The molecular weight excluding hydrogens is 428 g/mol. The van der Waals surface area contributed by atoms with Crippen molar-refractivity contribution in [3.8, 4) is 5.69 Å². The number of ether oxygens (including phenoxy) is 1. The van der Waals surface area contributed by atoms with Crippen molar-refractivity contribution in [3.05, 3.63) is 82.7 Å². The highest BCUT2D eigenvalue weighted by Crippen LogP contribution is 2.19. The lowest BCUT2D eigenvalue weighted by molar-refractivity contribution is -0.117. The number of aryl methyl sites for hydroxylation is 1. The molecule has 2 aromatic carbocycles. The minimum absolute atomic E-state index is 0.239. The smallest absolute Gasteiger partial charge is 0.292 e. The molecule has 1 aliphatic heterocycles. The maximum Gasteiger partial charge on any atom is 0.292 e. The summed E-state index contributed by atoms with van der Waals surface area (Å²) in [5.74, 6) is -1.19. The monoisotopic (exact) mass is 460 g/mol. The normalized spacial score (nSPS) is 18.6. The van der Waals surface area contributed by atoms with Crippen molar-refractivity contribution < 1.29 is 14.3 Å². The molecule has 34 heavy (non-hydrogen) atoms. The first-order valence-electron chi connectivity index (χ1n) is 11.7. The number of nitrogens with one attached hydrogen (secondary N) is 1. The van der Waals surface area contributed by atoms with E-state index < -0.39 is 11.7 Å². The predicted octanol–water partition coefficient (Wildman–Crippen LogP) is 3.60. The number of carbonyl (C=O) groups is 2. The van der Waals surface area contributed by atoms with Gasteiger partial charge < -0.3 is 10.1 Å². The lowest BCUT2D eigenvalue weighted by Crippen LogP contribution is -2.44. The first-order chi connectivity index (χ1) is 16.3. The van der Waals surface area contributed by atoms with E-state index in [-0.39, 0.29) is 12.2 Å². The van der Waals surface area contributed by atoms with E-state index in [0.29, 0.717) is 23.5 Å². The van der Waals surface area contributed by atoms with E-state index in [1.165, 1.54) is 5.56 Å². The standard InChI is InChI=1S/C27H32N4O3/c1-18-15-30(16-19(2)34-18)17-23-12-10-22(11-13-23)14-28-27(33)26(32)25-20(3)29-31(21(25)4)24-8-6-5-7-9-24/h5-13,18-19H,14-17H2,1-4H3,(H,28,33). The molecule has 1 amide bonds. The fraction of sp³-hybridized carbons (Fsp3) is 0.370. The maximum atomic E-state index is 12.9. The van der Waals surface area contributed by atoms with E-state index in [9.17, 15) is 9.59 Å². The summed E-state index contributed by atoms with van der Waals surface area (Å²) >= 11 is 0. The zero-order chi connectivity index (χ0) is 24.2. The first kappa shape index (κ1) is 23.9. The van der Waals surface area contributed by atoms with Crippen LogP contribution in [0.4, 0.5) is 0 Å². The van der Waals surface area contributed by atoms with Crippen LogP contribution in [0.5, 0.6) is 0 Å². The summed E-state index contributed by atoms with van der Waals surface area (Å²) in [6, 6.07) is 17.7. The summed E-state index contributed by atoms with van der Waals surface area (Å²) in [5.41, 5.74) is 4.56. The third-order valence-corrected chi connectivity index (χ3v) is 6.10. The van der Waals surface area contributed by atoms with Gasteiger partial charge in [0.25, 0.3) is 11.7 Å². The van der Waals surface area contributed by atoms with Crippen LogP contribution in [0, 0.1) is 13.8 Å². The molecular formula is C27H32N4O3. The molecule has 1 aliphatic rings. The van der Waals surface area contributed by atoms with E-state index in [2.05, 4.69) is 41.3 Å². The van der Waals surface area contributed by atoms with Crippen LogP contribution in [-0.4, -0.2) is 51.7 Å². The minimum atomic E-state index is -0.626. The molecule has 3 aromatic rings. The van der Waals surface area contributed by atoms with Gasteiger partial charge in [-0.15, -0.1) is 0 Å². The molecule has 7 heteroatoms. The minimum Gasteiger partial charge on any atom is -0.373 e. The van der Waals surface area contributed by atoms with Crippen molar-refractivity contribution in [1.29, 1.82) is 0 Å². The van der Waals surface area contributed by atoms with Crippen LogP contribution in [0.25, 0.3) is 5.69 Å². The van der Waals surface area contributed by atoms with Crippen LogP contribution in [0.1, 0.15) is 46.7 Å². The summed E-state index contributed by atoms with van der Waals surface area (Å²) in [4.78, 5) is 27.9. The molecule has 0 bridgehead atoms. The molecule has 0 aliphatic carbocycles. The number of rotatable bonds is 7. The Bertz CT molecular complexity index is 1140. The van der Waals surface area contributed by atoms with E-state index in [1.54, 1.807) is 11.6 Å². The quantitative estimate of drug-likeness (QED) is 0.431. The van der Waals surface area contributed by atoms with Crippen LogP contribution in [0.3, 0.4) is 0 Å². The average Bonchev–Trinajstić information content (AvgIpc) is 3.11. The second kappa shape index (κ2) is 10.3. The fourth-order valence-corrected chi connectivity index (χ4v) is 4.60. The Hall–Kier alpha value is -3.29. The highest BCUT2D eigenvalue weighted by Gasteiger charge is 2.25. The van der Waals surface area contributed by atoms with Gasteiger partial charge in [-0.05, 0) is 51.0 Å². The van der Waals surface area contributed by atoms with Crippen molar-refractivity contribution in [3.63, 3.8) is 0 Å². The van der Waals surface area contributed by atoms with E-state index in [0.717, 1.165) is 30.9 Å². The molecule has 4 rings (SSSR count). The Balaban J connectivity index is 1.36. The number of nitrogens with zero attached hydrogens (tertiary/aromatic N) is 3. The summed E-state index contributed by atoms with van der Waals surface area (Å²) in [6.45, 7) is 10.8. The molecule has 1 aromatic heterocycles. The summed E-state index contributed by atoms with van der Waals surface area (Å²) in [7, 11) is 0. The van der Waals surface area contributed by atoms with Crippen LogP contribution in [0.2, 0.25) is 0 Å². The number of para-hydroxylation sites is 1. The van der Waals surface area contributed by atoms with E-state index in [1.807, 2.05) is 49.4 Å². The van der Waals surface area contributed by atoms with Crippen LogP contribution >= 0.6 is 0 Å². The second-order valence-electron chi connectivity index (χ2n) is 9.07. The van der Waals surface area contributed by atoms with E-state index >= 15 is 0 Å². The van der Waals surface area contributed by atoms with Gasteiger partial charge in [0.15, 0.2) is 0 Å². The largest absolute Gasteiger partial charge is 0.373 e. The average molecular weight is 461 g/mol. The van der Waals surface area contributed by atoms with Gasteiger partial charge >= 0.3 is 0 Å². The van der Waals surface area contributed by atoms with Gasteiger partial charge in [0.05, 0.1) is 34.8 Å². The first-order valence-corrected chi connectivity index (χ1v) is 11.7. The Morgan fingerprint density at radius 3 is 2.24 bits per heavy atom. The topological polar surface area (TPSA) is 76.5 Å². The number of ketones is 1. The Kier molecular flexibility index (Phi) is 7.24. The van der Waals surface area contributed by atoms with Gasteiger partial charge in [-0.25, -0.2) is 4.68 Å². The molecule has 1 fully saturated rings. The maximum absolute atomic E-state index is 12.9. The van der Waals surface area contributed by atoms with Crippen molar-refractivity contribution in [1.82, 2.24) is 20.0 Å². The lowest BCUT2D eigenvalue weighted by Gasteiger charge is -2.35. The molecule has 0 saturated carbocycles. The highest BCUT2D eigenvalue weighted by atomic mass is 16.5. The summed E-state index contributed by atoms with van der Waals surface area (Å²) in [5, 5.41) is 7.23. The van der Waals surface area contributed by atoms with Gasteiger partial charge in [0.2, 0.25) is 0 Å². The van der Waals surface area contributed by atoms with Gasteiger partial charge in [-0.1, -0.05) is 42.5 Å². The number of Topliss-reactive ketones (excluding diaryl/α,β-unsaturated/α-hetero) is 1. The van der Waals surface area contributed by atoms with Crippen LogP contribution in [0.15, 0.2) is 54.6 Å². The zero-order valence-electron chi connectivity index (χ0n) is 20.2. The Morgan fingerprint density at radius 1 is 0.971 bits per heavy atom. The van der Waals surface area contributed by atoms with Crippen LogP contribution < -0.4 is 5.32 Å². The third kappa shape index (κ3) is 5.43. The number of hydrogen-bond donors (Lipinski definition) is 1. The zero-order valence-corrected chi connectivity index (χ0v) is 20.2. The molecule has 2 atom stereocenters. The van der Waals surface area contributed by atoms with Gasteiger partial charge in [0.1, 0.15) is 0 Å². The molecule has 2 heterocycles. The number of aromatic nitrogens is 2.